The molecular formula is C13H17NO3. The van der Waals surface area contributed by atoms with Crippen LogP contribution < -0.4 is 5.32 Å². The van der Waals surface area contributed by atoms with Crippen LogP contribution in [-0.2, 0) is 9.53 Å². The summed E-state index contributed by atoms with van der Waals surface area (Å²) in [6.07, 6.45) is 1.56. The topological polar surface area (TPSA) is 55.4 Å². The molecule has 0 aliphatic rings. The molecule has 1 aromatic rings. The molecule has 1 amide bonds. The van der Waals surface area contributed by atoms with Gasteiger partial charge in [0.2, 0.25) is 5.91 Å². The number of amides is 1. The Morgan fingerprint density at radius 2 is 1.88 bits per heavy atom. The first-order valence-corrected chi connectivity index (χ1v) is 5.67. The third-order valence-electron chi connectivity index (χ3n) is 2.19. The van der Waals surface area contributed by atoms with Gasteiger partial charge in [0.1, 0.15) is 0 Å². The molecule has 0 saturated heterocycles. The molecule has 0 radical (unpaired) electrons. The maximum atomic E-state index is 11.5. The Morgan fingerprint density at radius 1 is 1.18 bits per heavy atom. The summed E-state index contributed by atoms with van der Waals surface area (Å²) in [4.78, 5) is 22.1. The van der Waals surface area contributed by atoms with E-state index >= 15 is 0 Å². The number of rotatable bonds is 6. The summed E-state index contributed by atoms with van der Waals surface area (Å²) in [5, 5.41) is 2.69. The Balaban J connectivity index is 2.11. The number of unbranched alkanes of at least 4 members (excludes halogenated alkanes) is 1. The molecule has 0 saturated carbocycles. The minimum absolute atomic E-state index is 0.0359. The second-order valence-corrected chi connectivity index (χ2v) is 3.69. The number of carbonyl (C=O) groups excluding carboxylic acids is 2. The molecule has 17 heavy (non-hydrogen) atoms. The van der Waals surface area contributed by atoms with Gasteiger partial charge in [-0.15, -0.1) is 0 Å². The van der Waals surface area contributed by atoms with Gasteiger partial charge in [0.05, 0.1) is 12.2 Å². The maximum Gasteiger partial charge on any atom is 0.338 e. The van der Waals surface area contributed by atoms with Crippen molar-refractivity contribution in [3.8, 4) is 0 Å². The molecule has 0 atom stereocenters. The van der Waals surface area contributed by atoms with Crippen molar-refractivity contribution >= 4 is 11.9 Å². The Bertz CT molecular complexity index is 362. The van der Waals surface area contributed by atoms with E-state index in [0.717, 1.165) is 12.8 Å². The molecule has 0 unspecified atom stereocenters. The summed E-state index contributed by atoms with van der Waals surface area (Å²) < 4.78 is 5.08. The van der Waals surface area contributed by atoms with E-state index in [1.165, 1.54) is 6.92 Å². The number of ether oxygens (including phenoxy) is 1. The molecule has 0 bridgehead atoms. The number of hydrogen-bond acceptors (Lipinski definition) is 3. The third-order valence-corrected chi connectivity index (χ3v) is 2.19. The van der Waals surface area contributed by atoms with Gasteiger partial charge < -0.3 is 10.1 Å². The van der Waals surface area contributed by atoms with Crippen LogP contribution in [-0.4, -0.2) is 25.0 Å². The highest BCUT2D eigenvalue weighted by Gasteiger charge is 2.04. The smallest absolute Gasteiger partial charge is 0.338 e. The van der Waals surface area contributed by atoms with E-state index in [1.807, 2.05) is 6.07 Å². The Kier molecular flexibility index (Phi) is 5.79. The number of carbonyl (C=O) groups is 2. The first-order chi connectivity index (χ1) is 8.20. The number of hydrogen-bond donors (Lipinski definition) is 1. The summed E-state index contributed by atoms with van der Waals surface area (Å²) in [5.74, 6) is -0.337. The molecule has 0 aromatic heterocycles. The van der Waals surface area contributed by atoms with Gasteiger partial charge in [-0.05, 0) is 25.0 Å². The molecule has 4 heteroatoms. The Hall–Kier alpha value is -1.84. The Labute approximate surface area is 101 Å². The highest BCUT2D eigenvalue weighted by atomic mass is 16.5. The molecule has 0 aliphatic carbocycles. The minimum atomic E-state index is -0.301. The van der Waals surface area contributed by atoms with E-state index in [9.17, 15) is 9.59 Å². The van der Waals surface area contributed by atoms with E-state index in [-0.39, 0.29) is 11.9 Å². The van der Waals surface area contributed by atoms with Crippen LogP contribution in [0.4, 0.5) is 0 Å². The van der Waals surface area contributed by atoms with Crippen LogP contribution in [0.1, 0.15) is 30.1 Å². The summed E-state index contributed by atoms with van der Waals surface area (Å²) in [6.45, 7) is 2.49. The molecule has 0 heterocycles. The standard InChI is InChI=1S/C13H17NO3/c1-11(15)14-9-5-6-10-17-13(16)12-7-3-2-4-8-12/h2-4,7-8H,5-6,9-10H2,1H3,(H,14,15). The van der Waals surface area contributed by atoms with Crippen molar-refractivity contribution in [1.82, 2.24) is 5.32 Å². The first-order valence-electron chi connectivity index (χ1n) is 5.67. The fourth-order valence-corrected chi connectivity index (χ4v) is 1.31. The van der Waals surface area contributed by atoms with Gasteiger partial charge in [0.25, 0.3) is 0 Å². The molecular weight excluding hydrogens is 218 g/mol. The lowest BCUT2D eigenvalue weighted by molar-refractivity contribution is -0.118. The van der Waals surface area contributed by atoms with Crippen molar-refractivity contribution < 1.29 is 14.3 Å². The van der Waals surface area contributed by atoms with Gasteiger partial charge >= 0.3 is 5.97 Å². The summed E-state index contributed by atoms with van der Waals surface area (Å²) in [5.41, 5.74) is 0.564. The fraction of sp³-hybridized carbons (Fsp3) is 0.385. The fourth-order valence-electron chi connectivity index (χ4n) is 1.31. The van der Waals surface area contributed by atoms with E-state index in [4.69, 9.17) is 4.74 Å². The van der Waals surface area contributed by atoms with Crippen LogP contribution >= 0.6 is 0 Å². The normalized spacial score (nSPS) is 9.71. The van der Waals surface area contributed by atoms with Crippen LogP contribution in [0.15, 0.2) is 30.3 Å². The number of esters is 1. The SMILES string of the molecule is CC(=O)NCCCCOC(=O)c1ccccc1. The third kappa shape index (κ3) is 5.70. The van der Waals surface area contributed by atoms with Crippen molar-refractivity contribution in [2.45, 2.75) is 19.8 Å². The van der Waals surface area contributed by atoms with Gasteiger partial charge in [0.15, 0.2) is 0 Å². The van der Waals surface area contributed by atoms with Crippen LogP contribution in [0.25, 0.3) is 0 Å². The van der Waals surface area contributed by atoms with E-state index in [2.05, 4.69) is 5.32 Å². The monoisotopic (exact) mass is 235 g/mol. The van der Waals surface area contributed by atoms with E-state index < -0.39 is 0 Å². The highest BCUT2D eigenvalue weighted by Crippen LogP contribution is 2.01. The molecule has 1 N–H and O–H groups in total. The van der Waals surface area contributed by atoms with Gasteiger partial charge in [-0.3, -0.25) is 4.79 Å². The lowest BCUT2D eigenvalue weighted by Crippen LogP contribution is -2.21. The van der Waals surface area contributed by atoms with Crippen molar-refractivity contribution in [1.29, 1.82) is 0 Å². The molecule has 0 aliphatic heterocycles. The van der Waals surface area contributed by atoms with Crippen molar-refractivity contribution in [3.63, 3.8) is 0 Å². The minimum Gasteiger partial charge on any atom is -0.462 e. The highest BCUT2D eigenvalue weighted by molar-refractivity contribution is 5.89. The summed E-state index contributed by atoms with van der Waals surface area (Å²) >= 11 is 0. The zero-order chi connectivity index (χ0) is 12.5. The van der Waals surface area contributed by atoms with Crippen LogP contribution in [0, 0.1) is 0 Å². The van der Waals surface area contributed by atoms with Gasteiger partial charge in [-0.2, -0.15) is 0 Å². The van der Waals surface area contributed by atoms with Crippen molar-refractivity contribution in [3.05, 3.63) is 35.9 Å². The van der Waals surface area contributed by atoms with E-state index in [1.54, 1.807) is 24.3 Å². The Morgan fingerprint density at radius 3 is 2.53 bits per heavy atom. The molecule has 0 fully saturated rings. The second-order valence-electron chi connectivity index (χ2n) is 3.69. The van der Waals surface area contributed by atoms with Gasteiger partial charge in [-0.25, -0.2) is 4.79 Å². The quantitative estimate of drug-likeness (QED) is 0.603. The second kappa shape index (κ2) is 7.44. The van der Waals surface area contributed by atoms with Crippen LogP contribution in [0.5, 0.6) is 0 Å². The number of benzene rings is 1. The predicted molar refractivity (Wildman–Crippen MR) is 64.6 cm³/mol. The summed E-state index contributed by atoms with van der Waals surface area (Å²) in [7, 11) is 0. The zero-order valence-electron chi connectivity index (χ0n) is 9.94. The van der Waals surface area contributed by atoms with Gasteiger partial charge in [-0.1, -0.05) is 18.2 Å². The summed E-state index contributed by atoms with van der Waals surface area (Å²) in [6, 6.07) is 8.89. The molecule has 1 rings (SSSR count). The average Bonchev–Trinajstić information content (AvgIpc) is 2.34. The number of nitrogens with one attached hydrogen (secondary N) is 1. The van der Waals surface area contributed by atoms with Crippen LogP contribution in [0.2, 0.25) is 0 Å². The molecule has 92 valence electrons. The van der Waals surface area contributed by atoms with Crippen molar-refractivity contribution in [2.24, 2.45) is 0 Å². The lowest BCUT2D eigenvalue weighted by atomic mass is 10.2. The van der Waals surface area contributed by atoms with Gasteiger partial charge in [0, 0.05) is 13.5 Å². The predicted octanol–water partition coefficient (Wildman–Crippen LogP) is 1.76. The molecule has 4 nitrogen and oxygen atoms in total. The largest absolute Gasteiger partial charge is 0.462 e. The first kappa shape index (κ1) is 13.2. The lowest BCUT2D eigenvalue weighted by Gasteiger charge is -2.05. The van der Waals surface area contributed by atoms with Crippen LogP contribution in [0.3, 0.4) is 0 Å². The molecule has 0 spiro atoms. The average molecular weight is 235 g/mol. The molecule has 1 aromatic carbocycles. The maximum absolute atomic E-state index is 11.5. The van der Waals surface area contributed by atoms with E-state index in [0.29, 0.717) is 18.7 Å². The van der Waals surface area contributed by atoms with Crippen molar-refractivity contribution in [2.75, 3.05) is 13.2 Å². The zero-order valence-corrected chi connectivity index (χ0v) is 9.94.